The molecule has 5 heteroatoms. The molecule has 0 fully saturated rings. The van der Waals surface area contributed by atoms with Gasteiger partial charge >= 0.3 is 0 Å². The largest absolute Gasteiger partial charge is 0.331 e. The van der Waals surface area contributed by atoms with Gasteiger partial charge in [-0.15, -0.1) is 11.3 Å². The van der Waals surface area contributed by atoms with Crippen LogP contribution in [0.5, 0.6) is 0 Å². The summed E-state index contributed by atoms with van der Waals surface area (Å²) in [5.74, 6) is 7.35. The van der Waals surface area contributed by atoms with Crippen LogP contribution in [0, 0.1) is 11.8 Å². The van der Waals surface area contributed by atoms with Gasteiger partial charge in [-0.25, -0.2) is 4.98 Å². The Morgan fingerprint density at radius 1 is 1.38 bits per heavy atom. The van der Waals surface area contributed by atoms with Crippen LogP contribution in [0.4, 0.5) is 0 Å². The van der Waals surface area contributed by atoms with Gasteiger partial charge in [0.15, 0.2) is 0 Å². The smallest absolute Gasteiger partial charge is 0.131 e. The molecule has 1 aliphatic heterocycles. The van der Waals surface area contributed by atoms with Crippen LogP contribution in [-0.4, -0.2) is 16.1 Å². The Hall–Kier alpha value is -1.28. The van der Waals surface area contributed by atoms with Crippen molar-refractivity contribution in [1.82, 2.24) is 14.9 Å². The van der Waals surface area contributed by atoms with Crippen molar-refractivity contribution < 1.29 is 0 Å². The quantitative estimate of drug-likeness (QED) is 0.754. The van der Waals surface area contributed by atoms with Crippen LogP contribution >= 0.6 is 22.9 Å². The van der Waals surface area contributed by atoms with E-state index in [0.717, 1.165) is 41.1 Å². The van der Waals surface area contributed by atoms with E-state index in [9.17, 15) is 0 Å². The van der Waals surface area contributed by atoms with Crippen molar-refractivity contribution in [2.24, 2.45) is 0 Å². The highest BCUT2D eigenvalue weighted by Gasteiger charge is 2.18. The molecular weight excluding hydrogens is 302 g/mol. The zero-order valence-electron chi connectivity index (χ0n) is 12.5. The highest BCUT2D eigenvalue weighted by atomic mass is 35.5. The molecule has 0 amide bonds. The van der Waals surface area contributed by atoms with E-state index in [4.69, 9.17) is 11.6 Å². The summed E-state index contributed by atoms with van der Waals surface area (Å²) in [5, 5.41) is 3.31. The minimum atomic E-state index is 0.105. The monoisotopic (exact) mass is 319 g/mol. The summed E-state index contributed by atoms with van der Waals surface area (Å²) in [6.45, 7) is 9.31. The molecule has 0 radical (unpaired) electrons. The van der Waals surface area contributed by atoms with E-state index in [1.165, 1.54) is 4.88 Å². The molecule has 0 aromatic carbocycles. The molecule has 2 aromatic heterocycles. The summed E-state index contributed by atoms with van der Waals surface area (Å²) < 4.78 is 2.93. The number of fused-ring (bicyclic) bond motifs is 1. The van der Waals surface area contributed by atoms with E-state index in [2.05, 4.69) is 53.5 Å². The highest BCUT2D eigenvalue weighted by molar-refractivity contribution is 7.16. The predicted molar refractivity (Wildman–Crippen MR) is 87.9 cm³/mol. The van der Waals surface area contributed by atoms with E-state index in [-0.39, 0.29) is 5.41 Å². The standard InChI is InChI=1S/C16H18ClN3S/c1-16(2,3)13-8-11(15(17)21-13)4-5-12-10-20-7-6-18-9-14(20)19-12/h8,10,18H,6-7,9H2,1-3H3. The first-order valence-corrected chi connectivity index (χ1v) is 8.21. The molecule has 0 atom stereocenters. The first kappa shape index (κ1) is 14.6. The fourth-order valence-corrected chi connectivity index (χ4v) is 3.45. The molecule has 3 heterocycles. The van der Waals surface area contributed by atoms with Crippen LogP contribution in [0.15, 0.2) is 12.3 Å². The molecule has 0 unspecified atom stereocenters. The second-order valence-electron chi connectivity index (χ2n) is 6.21. The number of aromatic nitrogens is 2. The summed E-state index contributed by atoms with van der Waals surface area (Å²) in [6, 6.07) is 2.09. The van der Waals surface area contributed by atoms with Crippen molar-refractivity contribution in [2.45, 2.75) is 39.3 Å². The molecule has 110 valence electrons. The molecule has 21 heavy (non-hydrogen) atoms. The number of hydrogen-bond donors (Lipinski definition) is 1. The van der Waals surface area contributed by atoms with E-state index in [1.807, 2.05) is 6.20 Å². The maximum absolute atomic E-state index is 6.30. The number of halogens is 1. The van der Waals surface area contributed by atoms with Gasteiger partial charge in [-0.3, -0.25) is 0 Å². The van der Waals surface area contributed by atoms with Crippen LogP contribution in [0.1, 0.15) is 42.7 Å². The Balaban J connectivity index is 1.87. The molecule has 0 saturated carbocycles. The van der Waals surface area contributed by atoms with Crippen molar-refractivity contribution in [3.8, 4) is 11.8 Å². The molecule has 1 N–H and O–H groups in total. The van der Waals surface area contributed by atoms with Gasteiger partial charge in [0.2, 0.25) is 0 Å². The van der Waals surface area contributed by atoms with Crippen molar-refractivity contribution in [1.29, 1.82) is 0 Å². The van der Waals surface area contributed by atoms with E-state index in [0.29, 0.717) is 0 Å². The molecular formula is C16H18ClN3S. The number of nitrogens with one attached hydrogen (secondary N) is 1. The van der Waals surface area contributed by atoms with Gasteiger partial charge in [0.05, 0.1) is 12.1 Å². The minimum Gasteiger partial charge on any atom is -0.331 e. The molecule has 3 nitrogen and oxygen atoms in total. The fraction of sp³-hybridized carbons (Fsp3) is 0.438. The lowest BCUT2D eigenvalue weighted by Crippen LogP contribution is -2.27. The minimum absolute atomic E-state index is 0.105. The number of hydrogen-bond acceptors (Lipinski definition) is 3. The Morgan fingerprint density at radius 2 is 2.19 bits per heavy atom. The van der Waals surface area contributed by atoms with E-state index >= 15 is 0 Å². The van der Waals surface area contributed by atoms with Crippen molar-refractivity contribution in [3.05, 3.63) is 38.6 Å². The van der Waals surface area contributed by atoms with Crippen LogP contribution < -0.4 is 5.32 Å². The molecule has 0 spiro atoms. The maximum atomic E-state index is 6.30. The molecule has 0 aliphatic carbocycles. The Labute approximate surface area is 134 Å². The highest BCUT2D eigenvalue weighted by Crippen LogP contribution is 2.35. The van der Waals surface area contributed by atoms with Gasteiger partial charge in [0, 0.05) is 24.2 Å². The second kappa shape index (κ2) is 5.49. The van der Waals surface area contributed by atoms with Gasteiger partial charge in [0.25, 0.3) is 0 Å². The predicted octanol–water partition coefficient (Wildman–Crippen LogP) is 3.40. The Bertz CT molecular complexity index is 702. The van der Waals surface area contributed by atoms with Crippen molar-refractivity contribution >= 4 is 22.9 Å². The van der Waals surface area contributed by atoms with Crippen molar-refractivity contribution in [2.75, 3.05) is 6.54 Å². The molecule has 3 rings (SSSR count). The summed E-state index contributed by atoms with van der Waals surface area (Å²) >= 11 is 7.91. The van der Waals surface area contributed by atoms with Crippen LogP contribution in [0.3, 0.4) is 0 Å². The van der Waals surface area contributed by atoms with E-state index < -0.39 is 0 Å². The molecule has 0 saturated heterocycles. The normalized spacial score (nSPS) is 14.5. The lowest BCUT2D eigenvalue weighted by atomic mass is 9.94. The van der Waals surface area contributed by atoms with Gasteiger partial charge in [-0.1, -0.05) is 38.3 Å². The lowest BCUT2D eigenvalue weighted by Gasteiger charge is -2.14. The number of imidazole rings is 1. The summed E-state index contributed by atoms with van der Waals surface area (Å²) in [6.07, 6.45) is 2.02. The van der Waals surface area contributed by atoms with Gasteiger partial charge in [0.1, 0.15) is 15.9 Å². The third-order valence-corrected chi connectivity index (χ3v) is 5.21. The average molecular weight is 320 g/mol. The Kier molecular flexibility index (Phi) is 3.83. The van der Waals surface area contributed by atoms with Gasteiger partial charge in [-0.2, -0.15) is 0 Å². The zero-order valence-corrected chi connectivity index (χ0v) is 14.0. The summed E-state index contributed by atoms with van der Waals surface area (Å²) in [4.78, 5) is 5.79. The topological polar surface area (TPSA) is 29.9 Å². The second-order valence-corrected chi connectivity index (χ2v) is 7.86. The number of thiophene rings is 1. The van der Waals surface area contributed by atoms with Gasteiger partial charge < -0.3 is 9.88 Å². The summed E-state index contributed by atoms with van der Waals surface area (Å²) in [7, 11) is 0. The molecule has 1 aliphatic rings. The third-order valence-electron chi connectivity index (χ3n) is 3.42. The third kappa shape index (κ3) is 3.16. The van der Waals surface area contributed by atoms with Crippen LogP contribution in [-0.2, 0) is 18.5 Å². The molecule has 2 aromatic rings. The number of rotatable bonds is 0. The zero-order chi connectivity index (χ0) is 15.0. The summed E-state index contributed by atoms with van der Waals surface area (Å²) in [5.41, 5.74) is 1.82. The lowest BCUT2D eigenvalue weighted by molar-refractivity contribution is 0.505. The van der Waals surface area contributed by atoms with Gasteiger partial charge in [-0.05, 0) is 17.4 Å². The Morgan fingerprint density at radius 3 is 2.86 bits per heavy atom. The number of nitrogens with zero attached hydrogens (tertiary/aromatic N) is 2. The van der Waals surface area contributed by atoms with Crippen molar-refractivity contribution in [3.63, 3.8) is 0 Å². The average Bonchev–Trinajstić information content (AvgIpc) is 2.98. The van der Waals surface area contributed by atoms with Crippen LogP contribution in [0.25, 0.3) is 0 Å². The first-order valence-electron chi connectivity index (χ1n) is 7.02. The maximum Gasteiger partial charge on any atom is 0.131 e. The fourth-order valence-electron chi connectivity index (χ4n) is 2.20. The van der Waals surface area contributed by atoms with Crippen LogP contribution in [0.2, 0.25) is 4.34 Å². The molecule has 0 bridgehead atoms. The SMILES string of the molecule is CC(C)(C)c1cc(C#Cc2cn3c(n2)CNCC3)c(Cl)s1. The van der Waals surface area contributed by atoms with E-state index in [1.54, 1.807) is 11.3 Å². The first-order chi connectivity index (χ1) is 9.93.